The van der Waals surface area contributed by atoms with E-state index in [1.54, 1.807) is 14.2 Å². The molecular formula is C23H26N2O3. The zero-order chi connectivity index (χ0) is 20.3. The maximum atomic E-state index is 13.4. The molecule has 0 bridgehead atoms. The topological polar surface area (TPSA) is 51.7 Å². The first kappa shape index (κ1) is 19.7. The molecule has 28 heavy (non-hydrogen) atoms. The quantitative estimate of drug-likeness (QED) is 0.632. The highest BCUT2D eigenvalue weighted by Gasteiger charge is 2.19. The Morgan fingerprint density at radius 3 is 2.43 bits per heavy atom. The van der Waals surface area contributed by atoms with Gasteiger partial charge in [-0.15, -0.1) is 0 Å². The number of carbonyl (C=O) groups is 1. The van der Waals surface area contributed by atoms with Crippen molar-refractivity contribution in [2.45, 2.75) is 27.3 Å². The molecule has 0 aliphatic heterocycles. The first-order chi connectivity index (χ1) is 13.5. The van der Waals surface area contributed by atoms with Crippen molar-refractivity contribution in [3.05, 3.63) is 64.8 Å². The van der Waals surface area contributed by atoms with Gasteiger partial charge in [0.1, 0.15) is 0 Å². The number of aromatic nitrogens is 1. The Kier molecular flexibility index (Phi) is 5.83. The molecule has 146 valence electrons. The molecule has 1 heterocycles. The Bertz CT molecular complexity index is 1010. The molecule has 0 aliphatic carbocycles. The third-order valence-electron chi connectivity index (χ3n) is 4.81. The van der Waals surface area contributed by atoms with Crippen molar-refractivity contribution in [1.82, 2.24) is 9.88 Å². The number of amides is 1. The van der Waals surface area contributed by atoms with Crippen LogP contribution in [0.1, 0.15) is 34.1 Å². The van der Waals surface area contributed by atoms with Gasteiger partial charge in [-0.05, 0) is 56.7 Å². The van der Waals surface area contributed by atoms with Gasteiger partial charge in [-0.1, -0.05) is 17.7 Å². The monoisotopic (exact) mass is 378 g/mol. The molecule has 5 nitrogen and oxygen atoms in total. The maximum Gasteiger partial charge on any atom is 0.254 e. The van der Waals surface area contributed by atoms with Crippen LogP contribution in [0.3, 0.4) is 0 Å². The Morgan fingerprint density at radius 2 is 1.75 bits per heavy atom. The highest BCUT2D eigenvalue weighted by atomic mass is 16.5. The number of aryl methyl sites for hydroxylation is 2. The smallest absolute Gasteiger partial charge is 0.254 e. The van der Waals surface area contributed by atoms with Gasteiger partial charge in [-0.25, -0.2) is 0 Å². The molecule has 0 atom stereocenters. The van der Waals surface area contributed by atoms with Crippen molar-refractivity contribution in [3.8, 4) is 11.5 Å². The van der Waals surface area contributed by atoms with Crippen molar-refractivity contribution in [1.29, 1.82) is 0 Å². The summed E-state index contributed by atoms with van der Waals surface area (Å²) in [6, 6.07) is 13.6. The number of fused-ring (bicyclic) bond motifs is 1. The molecule has 0 saturated carbocycles. The molecule has 0 radical (unpaired) electrons. The van der Waals surface area contributed by atoms with E-state index in [-0.39, 0.29) is 5.91 Å². The van der Waals surface area contributed by atoms with Gasteiger partial charge in [0.05, 0.1) is 25.3 Å². The van der Waals surface area contributed by atoms with Gasteiger partial charge in [0, 0.05) is 24.2 Å². The van der Waals surface area contributed by atoms with Gasteiger partial charge in [0.2, 0.25) is 0 Å². The second kappa shape index (κ2) is 8.30. The number of methoxy groups -OCH3 is 2. The zero-order valence-electron chi connectivity index (χ0n) is 17.1. The Hall–Kier alpha value is -3.08. The lowest BCUT2D eigenvalue weighted by atomic mass is 10.0. The lowest BCUT2D eigenvalue weighted by molar-refractivity contribution is 0.0754. The van der Waals surface area contributed by atoms with Crippen molar-refractivity contribution >= 4 is 16.8 Å². The van der Waals surface area contributed by atoms with Gasteiger partial charge in [0.25, 0.3) is 5.91 Å². The predicted octanol–water partition coefficient (Wildman–Crippen LogP) is 4.53. The molecule has 0 fully saturated rings. The largest absolute Gasteiger partial charge is 0.493 e. The first-order valence-electron chi connectivity index (χ1n) is 9.35. The van der Waals surface area contributed by atoms with Crippen molar-refractivity contribution in [3.63, 3.8) is 0 Å². The fourth-order valence-electron chi connectivity index (χ4n) is 3.35. The lowest BCUT2D eigenvalue weighted by Crippen LogP contribution is -2.30. The minimum Gasteiger partial charge on any atom is -0.493 e. The third-order valence-corrected chi connectivity index (χ3v) is 4.81. The number of nitrogens with zero attached hydrogens (tertiary/aromatic N) is 2. The summed E-state index contributed by atoms with van der Waals surface area (Å²) in [6.45, 7) is 7.02. The van der Waals surface area contributed by atoms with Crippen molar-refractivity contribution in [2.75, 3.05) is 20.8 Å². The van der Waals surface area contributed by atoms with E-state index in [1.807, 2.05) is 68.1 Å². The average molecular weight is 378 g/mol. The van der Waals surface area contributed by atoms with E-state index in [4.69, 9.17) is 9.47 Å². The molecule has 0 N–H and O–H groups in total. The summed E-state index contributed by atoms with van der Waals surface area (Å²) in [5.74, 6) is 1.33. The summed E-state index contributed by atoms with van der Waals surface area (Å²) in [5, 5.41) is 0.890. The van der Waals surface area contributed by atoms with E-state index < -0.39 is 0 Å². The van der Waals surface area contributed by atoms with Gasteiger partial charge >= 0.3 is 0 Å². The van der Waals surface area contributed by atoms with Crippen LogP contribution < -0.4 is 9.47 Å². The van der Waals surface area contributed by atoms with Gasteiger partial charge in [-0.3, -0.25) is 9.78 Å². The van der Waals surface area contributed by atoms with E-state index in [0.29, 0.717) is 30.2 Å². The summed E-state index contributed by atoms with van der Waals surface area (Å²) >= 11 is 0. The van der Waals surface area contributed by atoms with E-state index in [0.717, 1.165) is 27.7 Å². The molecule has 0 unspecified atom stereocenters. The van der Waals surface area contributed by atoms with Gasteiger partial charge < -0.3 is 14.4 Å². The second-order valence-electron chi connectivity index (χ2n) is 6.84. The average Bonchev–Trinajstić information content (AvgIpc) is 2.71. The van der Waals surface area contributed by atoms with Gasteiger partial charge in [-0.2, -0.15) is 0 Å². The highest BCUT2D eigenvalue weighted by Crippen LogP contribution is 2.28. The Balaban J connectivity index is 1.96. The number of ether oxygens (including phenoxy) is 2. The summed E-state index contributed by atoms with van der Waals surface area (Å²) in [7, 11) is 3.22. The second-order valence-corrected chi connectivity index (χ2v) is 6.84. The number of carbonyl (C=O) groups excluding carboxylic acids is 1. The van der Waals surface area contributed by atoms with Crippen molar-refractivity contribution < 1.29 is 14.3 Å². The molecule has 5 heteroatoms. The van der Waals surface area contributed by atoms with E-state index in [1.165, 1.54) is 0 Å². The number of benzene rings is 2. The number of hydrogen-bond donors (Lipinski definition) is 0. The molecule has 0 spiro atoms. The summed E-state index contributed by atoms with van der Waals surface area (Å²) in [4.78, 5) is 19.8. The van der Waals surface area contributed by atoms with Gasteiger partial charge in [0.15, 0.2) is 11.5 Å². The minimum atomic E-state index is -0.00150. The Labute approximate surface area is 165 Å². The van der Waals surface area contributed by atoms with Crippen LogP contribution in [-0.2, 0) is 6.54 Å². The fourth-order valence-corrected chi connectivity index (χ4v) is 3.35. The Morgan fingerprint density at radius 1 is 1.00 bits per heavy atom. The molecule has 3 rings (SSSR count). The number of hydrogen-bond acceptors (Lipinski definition) is 4. The molecule has 0 aliphatic rings. The normalized spacial score (nSPS) is 10.8. The molecule has 3 aromatic rings. The molecule has 1 amide bonds. The van der Waals surface area contributed by atoms with Crippen LogP contribution in [0.4, 0.5) is 0 Å². The van der Waals surface area contributed by atoms with Crippen LogP contribution in [0.5, 0.6) is 11.5 Å². The summed E-state index contributed by atoms with van der Waals surface area (Å²) in [6.07, 6.45) is 0. The van der Waals surface area contributed by atoms with E-state index in [9.17, 15) is 4.79 Å². The van der Waals surface area contributed by atoms with Crippen LogP contribution in [0.25, 0.3) is 10.9 Å². The SMILES string of the molecule is CCN(Cc1ccc(OC)c(OC)c1)C(=O)c1cc(C)nc2ccc(C)cc12. The molecular weight excluding hydrogens is 352 g/mol. The minimum absolute atomic E-state index is 0.00150. The van der Waals surface area contributed by atoms with Crippen LogP contribution in [-0.4, -0.2) is 36.6 Å². The molecule has 0 saturated heterocycles. The summed E-state index contributed by atoms with van der Waals surface area (Å²) in [5.41, 5.74) is 4.46. The number of rotatable bonds is 6. The standard InChI is InChI=1S/C23H26N2O3/c1-6-25(14-17-8-10-21(27-4)22(13-17)28-5)23(26)19-12-16(3)24-20-9-7-15(2)11-18(19)20/h7-13H,6,14H2,1-5H3. The highest BCUT2D eigenvalue weighted by molar-refractivity contribution is 6.06. The zero-order valence-corrected chi connectivity index (χ0v) is 17.1. The summed E-state index contributed by atoms with van der Waals surface area (Å²) < 4.78 is 10.7. The predicted molar refractivity (Wildman–Crippen MR) is 111 cm³/mol. The molecule has 2 aromatic carbocycles. The van der Waals surface area contributed by atoms with Crippen LogP contribution >= 0.6 is 0 Å². The van der Waals surface area contributed by atoms with Crippen molar-refractivity contribution in [2.24, 2.45) is 0 Å². The third kappa shape index (κ3) is 3.93. The first-order valence-corrected chi connectivity index (χ1v) is 9.35. The maximum absolute atomic E-state index is 13.4. The van der Waals surface area contributed by atoms with Crippen LogP contribution in [0, 0.1) is 13.8 Å². The van der Waals surface area contributed by atoms with Crippen LogP contribution in [0.15, 0.2) is 42.5 Å². The van der Waals surface area contributed by atoms with Crippen LogP contribution in [0.2, 0.25) is 0 Å². The number of pyridine rings is 1. The molecule has 1 aromatic heterocycles. The fraction of sp³-hybridized carbons (Fsp3) is 0.304. The van der Waals surface area contributed by atoms with E-state index in [2.05, 4.69) is 4.98 Å². The van der Waals surface area contributed by atoms with E-state index >= 15 is 0 Å². The lowest BCUT2D eigenvalue weighted by Gasteiger charge is -2.23.